The van der Waals surface area contributed by atoms with Crippen LogP contribution < -0.4 is 22.1 Å². The van der Waals surface area contributed by atoms with Crippen molar-refractivity contribution in [3.05, 3.63) is 48.0 Å². The number of guanidine groups is 1. The minimum atomic E-state index is -0.300. The van der Waals surface area contributed by atoms with E-state index >= 15 is 0 Å². The van der Waals surface area contributed by atoms with E-state index in [2.05, 4.69) is 27.4 Å². The quantitative estimate of drug-likeness (QED) is 0.208. The minimum absolute atomic E-state index is 0.0151. The van der Waals surface area contributed by atoms with Crippen molar-refractivity contribution in [2.24, 2.45) is 45.5 Å². The number of aliphatic imine (C=N–C) groups is 1. The fourth-order valence-electron chi connectivity index (χ4n) is 8.56. The lowest BCUT2D eigenvalue weighted by molar-refractivity contribution is -0.133. The predicted molar refractivity (Wildman–Crippen MR) is 159 cm³/mol. The first-order chi connectivity index (χ1) is 19.4. The number of benzene rings is 2. The highest BCUT2D eigenvalue weighted by molar-refractivity contribution is 5.98. The number of nitrogens with one attached hydrogen (secondary N) is 2. The normalized spacial score (nSPS) is 32.5. The molecule has 1 aliphatic heterocycles. The molecule has 214 valence electrons. The molecular formula is C32H44N6O2. The highest BCUT2D eigenvalue weighted by atomic mass is 16.2. The van der Waals surface area contributed by atoms with E-state index in [1.807, 2.05) is 42.5 Å². The first-order valence-corrected chi connectivity index (χ1v) is 15.2. The summed E-state index contributed by atoms with van der Waals surface area (Å²) in [4.78, 5) is 32.9. The fourth-order valence-corrected chi connectivity index (χ4v) is 8.56. The van der Waals surface area contributed by atoms with Crippen molar-refractivity contribution in [2.75, 3.05) is 26.2 Å². The Bertz CT molecular complexity index is 1290. The van der Waals surface area contributed by atoms with Crippen molar-refractivity contribution in [1.29, 1.82) is 0 Å². The molecule has 6 N–H and O–H groups in total. The van der Waals surface area contributed by atoms with Gasteiger partial charge in [-0.2, -0.15) is 0 Å². The molecule has 4 aliphatic rings. The van der Waals surface area contributed by atoms with Crippen LogP contribution in [0.1, 0.15) is 62.2 Å². The molecule has 2 aromatic carbocycles. The highest BCUT2D eigenvalue weighted by Crippen LogP contribution is 2.81. The number of fused-ring (bicyclic) bond motifs is 1. The monoisotopic (exact) mass is 544 g/mol. The van der Waals surface area contributed by atoms with Crippen LogP contribution in [0.2, 0.25) is 0 Å². The number of carbonyl (C=O) groups excluding carboxylic acids is 2. The maximum atomic E-state index is 13.7. The lowest BCUT2D eigenvalue weighted by Crippen LogP contribution is -2.49. The maximum absolute atomic E-state index is 13.7. The zero-order valence-electron chi connectivity index (χ0n) is 23.6. The van der Waals surface area contributed by atoms with Gasteiger partial charge in [-0.25, -0.2) is 0 Å². The smallest absolute Gasteiger partial charge is 0.251 e. The van der Waals surface area contributed by atoms with Crippen LogP contribution in [-0.4, -0.2) is 60.9 Å². The third-order valence-electron chi connectivity index (χ3n) is 10.7. The first-order valence-electron chi connectivity index (χ1n) is 15.2. The van der Waals surface area contributed by atoms with E-state index in [9.17, 15) is 9.59 Å². The van der Waals surface area contributed by atoms with Crippen LogP contribution in [-0.2, 0) is 4.79 Å². The number of hydrogen-bond acceptors (Lipinski definition) is 4. The Morgan fingerprint density at radius 3 is 2.70 bits per heavy atom. The fraction of sp³-hybridized carbons (Fsp3) is 0.594. The average Bonchev–Trinajstić information content (AvgIpc) is 3.46. The Hall–Kier alpha value is -3.13. The molecule has 1 heterocycles. The molecule has 1 spiro atoms. The molecular weight excluding hydrogens is 500 g/mol. The van der Waals surface area contributed by atoms with Gasteiger partial charge in [-0.05, 0) is 96.9 Å². The molecule has 3 aliphatic carbocycles. The second-order valence-electron chi connectivity index (χ2n) is 12.7. The van der Waals surface area contributed by atoms with Gasteiger partial charge in [0.15, 0.2) is 5.96 Å². The Labute approximate surface area is 237 Å². The van der Waals surface area contributed by atoms with Gasteiger partial charge >= 0.3 is 0 Å². The second kappa shape index (κ2) is 11.0. The van der Waals surface area contributed by atoms with E-state index in [1.54, 1.807) is 0 Å². The summed E-state index contributed by atoms with van der Waals surface area (Å²) in [7, 11) is 0. The van der Waals surface area contributed by atoms with Gasteiger partial charge in [-0.3, -0.25) is 14.6 Å². The molecule has 7 atom stereocenters. The highest BCUT2D eigenvalue weighted by Gasteiger charge is 2.75. The molecule has 0 bridgehead atoms. The van der Waals surface area contributed by atoms with Crippen LogP contribution in [0.3, 0.4) is 0 Å². The van der Waals surface area contributed by atoms with Gasteiger partial charge in [0.05, 0.1) is 6.04 Å². The number of nitrogens with zero attached hydrogens (tertiary/aromatic N) is 2. The molecule has 7 unspecified atom stereocenters. The Balaban J connectivity index is 1.06. The van der Waals surface area contributed by atoms with Crippen LogP contribution in [0.4, 0.5) is 0 Å². The average molecular weight is 545 g/mol. The van der Waals surface area contributed by atoms with Crippen LogP contribution in [0, 0.1) is 29.1 Å². The number of amides is 2. The van der Waals surface area contributed by atoms with Crippen molar-refractivity contribution >= 4 is 28.5 Å². The van der Waals surface area contributed by atoms with Gasteiger partial charge in [-0.1, -0.05) is 37.3 Å². The molecule has 2 amide bonds. The van der Waals surface area contributed by atoms with Crippen molar-refractivity contribution < 1.29 is 9.59 Å². The predicted octanol–water partition coefficient (Wildman–Crippen LogP) is 3.25. The van der Waals surface area contributed by atoms with E-state index in [0.717, 1.165) is 60.3 Å². The standard InChI is InChI=1S/C32H44N6O2/c1-20-26-10-11-27-24(18-32(20,26)27)12-15-38-16-13-25(37-28(30(38)40)7-4-14-35-31(33)34)19-36-29(39)23-9-8-21-5-2-3-6-22(21)17-23/h2-3,5-6,8-9,17,20,24-28,37H,4,7,10-16,18-19H2,1H3,(H,36,39)(H4,33,34,35). The minimum Gasteiger partial charge on any atom is -0.370 e. The molecule has 0 radical (unpaired) electrons. The third kappa shape index (κ3) is 5.06. The van der Waals surface area contributed by atoms with Crippen LogP contribution in [0.25, 0.3) is 10.8 Å². The van der Waals surface area contributed by atoms with Crippen molar-refractivity contribution in [1.82, 2.24) is 15.5 Å². The van der Waals surface area contributed by atoms with E-state index < -0.39 is 0 Å². The topological polar surface area (TPSA) is 126 Å². The molecule has 6 rings (SSSR count). The molecule has 40 heavy (non-hydrogen) atoms. The number of rotatable bonds is 10. The summed E-state index contributed by atoms with van der Waals surface area (Å²) >= 11 is 0. The molecule has 0 aromatic heterocycles. The van der Waals surface area contributed by atoms with E-state index in [1.165, 1.54) is 19.3 Å². The van der Waals surface area contributed by atoms with Crippen molar-refractivity contribution in [3.63, 3.8) is 0 Å². The molecule has 2 aromatic rings. The first kappa shape index (κ1) is 27.1. The zero-order chi connectivity index (χ0) is 27.9. The van der Waals surface area contributed by atoms with Gasteiger partial charge < -0.3 is 27.0 Å². The summed E-state index contributed by atoms with van der Waals surface area (Å²) in [5, 5.41) is 8.85. The van der Waals surface area contributed by atoms with Crippen molar-refractivity contribution in [2.45, 2.75) is 64.0 Å². The van der Waals surface area contributed by atoms with Gasteiger partial charge in [-0.15, -0.1) is 0 Å². The third-order valence-corrected chi connectivity index (χ3v) is 10.7. The summed E-state index contributed by atoms with van der Waals surface area (Å²) in [6, 6.07) is 13.5. The summed E-state index contributed by atoms with van der Waals surface area (Å²) in [5.74, 6) is 3.73. The molecule has 8 nitrogen and oxygen atoms in total. The summed E-state index contributed by atoms with van der Waals surface area (Å²) in [5.41, 5.74) is 12.3. The van der Waals surface area contributed by atoms with Crippen LogP contribution in [0.5, 0.6) is 0 Å². The Morgan fingerprint density at radius 1 is 1.10 bits per heavy atom. The molecule has 4 fully saturated rings. The van der Waals surface area contributed by atoms with Crippen LogP contribution >= 0.6 is 0 Å². The van der Waals surface area contributed by atoms with Gasteiger partial charge in [0, 0.05) is 37.8 Å². The summed E-state index contributed by atoms with van der Waals surface area (Å²) in [6.07, 6.45) is 7.48. The van der Waals surface area contributed by atoms with E-state index in [0.29, 0.717) is 37.0 Å². The summed E-state index contributed by atoms with van der Waals surface area (Å²) < 4.78 is 0. The Kier molecular flexibility index (Phi) is 7.46. The second-order valence-corrected chi connectivity index (χ2v) is 12.7. The Morgan fingerprint density at radius 2 is 1.90 bits per heavy atom. The van der Waals surface area contributed by atoms with E-state index in [-0.39, 0.29) is 29.9 Å². The van der Waals surface area contributed by atoms with E-state index in [4.69, 9.17) is 11.5 Å². The zero-order valence-corrected chi connectivity index (χ0v) is 23.6. The maximum Gasteiger partial charge on any atom is 0.251 e. The molecule has 8 heteroatoms. The molecule has 3 saturated carbocycles. The number of nitrogens with two attached hydrogens (primary N) is 2. The van der Waals surface area contributed by atoms with Crippen molar-refractivity contribution in [3.8, 4) is 0 Å². The lowest BCUT2D eigenvalue weighted by Gasteiger charge is -2.46. The largest absolute Gasteiger partial charge is 0.370 e. The van der Waals surface area contributed by atoms with Gasteiger partial charge in [0.25, 0.3) is 5.91 Å². The number of carbonyl (C=O) groups is 2. The number of hydrogen-bond donors (Lipinski definition) is 4. The van der Waals surface area contributed by atoms with Gasteiger partial charge in [0.2, 0.25) is 5.91 Å². The van der Waals surface area contributed by atoms with Crippen LogP contribution in [0.15, 0.2) is 47.5 Å². The van der Waals surface area contributed by atoms with Gasteiger partial charge in [0.1, 0.15) is 0 Å². The lowest BCUT2D eigenvalue weighted by atomic mass is 9.60. The summed E-state index contributed by atoms with van der Waals surface area (Å²) in [6.45, 7) is 4.97. The SMILES string of the molecule is CC1C2CCC3C(CCN4CCC(CNC(=O)c5ccc6ccccc6c5)NC(CCCN=C(N)N)C4=O)CC132. The molecule has 1 saturated heterocycles.